The molecule has 0 radical (unpaired) electrons. The molecule has 0 amide bonds. The van der Waals surface area contributed by atoms with Crippen molar-refractivity contribution < 1.29 is 19.1 Å². The maximum absolute atomic E-state index is 11.6. The number of carbonyl (C=O) groups is 2. The van der Waals surface area contributed by atoms with Crippen LogP contribution in [-0.2, 0) is 19.1 Å². The van der Waals surface area contributed by atoms with Crippen molar-refractivity contribution in [3.05, 3.63) is 0 Å². The van der Waals surface area contributed by atoms with Crippen LogP contribution in [0.3, 0.4) is 0 Å². The molecule has 0 aromatic carbocycles. The van der Waals surface area contributed by atoms with Crippen LogP contribution in [0.15, 0.2) is 0 Å². The highest BCUT2D eigenvalue weighted by Gasteiger charge is 2.05. The first-order valence-electron chi connectivity index (χ1n) is 11.0. The van der Waals surface area contributed by atoms with Crippen LogP contribution in [0.2, 0.25) is 0 Å². The van der Waals surface area contributed by atoms with E-state index in [4.69, 9.17) is 9.47 Å². The number of carbonyl (C=O) groups excluding carboxylic acids is 2. The number of ether oxygens (including phenoxy) is 2. The minimum atomic E-state index is -0.0806. The highest BCUT2D eigenvalue weighted by molar-refractivity contribution is 5.69. The van der Waals surface area contributed by atoms with Crippen LogP contribution in [-0.4, -0.2) is 25.2 Å². The highest BCUT2D eigenvalue weighted by atomic mass is 16.5. The summed E-state index contributed by atoms with van der Waals surface area (Å²) in [6.45, 7) is 5.51. The molecule has 0 saturated carbocycles. The second-order valence-corrected chi connectivity index (χ2v) is 7.18. The molecule has 0 aliphatic heterocycles. The third-order valence-corrected chi connectivity index (χ3v) is 4.53. The van der Waals surface area contributed by atoms with Crippen molar-refractivity contribution in [2.24, 2.45) is 0 Å². The molecule has 0 fully saturated rings. The minimum Gasteiger partial charge on any atom is -0.466 e. The highest BCUT2D eigenvalue weighted by Crippen LogP contribution is 2.09. The fraction of sp³-hybridized carbons (Fsp3) is 0.909. The van der Waals surface area contributed by atoms with Gasteiger partial charge in [-0.3, -0.25) is 9.59 Å². The molecular weight excluding hydrogens is 328 g/mol. The van der Waals surface area contributed by atoms with Crippen LogP contribution in [0.4, 0.5) is 0 Å². The van der Waals surface area contributed by atoms with Crippen molar-refractivity contribution in [1.29, 1.82) is 0 Å². The molecule has 0 atom stereocenters. The fourth-order valence-corrected chi connectivity index (χ4v) is 2.82. The first-order valence-corrected chi connectivity index (χ1v) is 11.0. The van der Waals surface area contributed by atoms with Crippen LogP contribution in [0.25, 0.3) is 0 Å². The smallest absolute Gasteiger partial charge is 0.305 e. The summed E-state index contributed by atoms with van der Waals surface area (Å²) in [4.78, 5) is 23.2. The lowest BCUT2D eigenvalue weighted by atomic mass is 10.1. The zero-order valence-electron chi connectivity index (χ0n) is 17.4. The van der Waals surface area contributed by atoms with Crippen molar-refractivity contribution in [3.63, 3.8) is 0 Å². The van der Waals surface area contributed by atoms with Crippen LogP contribution in [0, 0.1) is 0 Å². The number of unbranched alkanes of at least 4 members (excludes halogenated alkanes) is 11. The van der Waals surface area contributed by atoms with E-state index >= 15 is 0 Å². The molecule has 4 nitrogen and oxygen atoms in total. The first kappa shape index (κ1) is 24.9. The topological polar surface area (TPSA) is 52.6 Å². The van der Waals surface area contributed by atoms with Gasteiger partial charge in [-0.1, -0.05) is 78.1 Å². The normalized spacial score (nSPS) is 10.7. The van der Waals surface area contributed by atoms with Gasteiger partial charge in [0.05, 0.1) is 13.2 Å². The van der Waals surface area contributed by atoms with Gasteiger partial charge in [0.1, 0.15) is 0 Å². The van der Waals surface area contributed by atoms with Crippen LogP contribution in [0.1, 0.15) is 117 Å². The van der Waals surface area contributed by atoms with Gasteiger partial charge in [0.25, 0.3) is 0 Å². The molecule has 0 heterocycles. The van der Waals surface area contributed by atoms with Crippen LogP contribution >= 0.6 is 0 Å². The molecule has 0 bridgehead atoms. The summed E-state index contributed by atoms with van der Waals surface area (Å²) in [6, 6.07) is 0. The molecule has 0 aliphatic rings. The van der Waals surface area contributed by atoms with Gasteiger partial charge in [-0.15, -0.1) is 0 Å². The van der Waals surface area contributed by atoms with E-state index < -0.39 is 0 Å². The molecule has 0 unspecified atom stereocenters. The third-order valence-electron chi connectivity index (χ3n) is 4.53. The van der Waals surface area contributed by atoms with E-state index in [0.29, 0.717) is 26.1 Å². The maximum atomic E-state index is 11.6. The summed E-state index contributed by atoms with van der Waals surface area (Å²) in [5.41, 5.74) is 0. The van der Waals surface area contributed by atoms with Gasteiger partial charge in [0.2, 0.25) is 0 Å². The number of hydrogen-bond donors (Lipinski definition) is 0. The molecule has 154 valence electrons. The summed E-state index contributed by atoms with van der Waals surface area (Å²) in [5.74, 6) is -0.161. The lowest BCUT2D eigenvalue weighted by Crippen LogP contribution is -2.06. The van der Waals surface area contributed by atoms with E-state index in [2.05, 4.69) is 13.8 Å². The molecule has 4 heteroatoms. The Bertz CT molecular complexity index is 296. The predicted octanol–water partition coefficient (Wildman–Crippen LogP) is 6.35. The predicted molar refractivity (Wildman–Crippen MR) is 107 cm³/mol. The number of esters is 2. The third kappa shape index (κ3) is 19.3. The van der Waals surface area contributed by atoms with Crippen molar-refractivity contribution in [3.8, 4) is 0 Å². The van der Waals surface area contributed by atoms with Crippen molar-refractivity contribution >= 4 is 11.9 Å². The molecule has 0 aromatic heterocycles. The largest absolute Gasteiger partial charge is 0.466 e. The minimum absolute atomic E-state index is 0.0806. The molecular formula is C22H42O4. The fourth-order valence-electron chi connectivity index (χ4n) is 2.82. The summed E-state index contributed by atoms with van der Waals surface area (Å²) in [6.07, 6.45) is 16.3. The second kappa shape index (κ2) is 20.3. The van der Waals surface area contributed by atoms with Crippen molar-refractivity contribution in [2.75, 3.05) is 13.2 Å². The lowest BCUT2D eigenvalue weighted by Gasteiger charge is -2.06. The standard InChI is InChI=1S/C22H42O4/c1-3-5-7-11-15-19-25-21(23)17-13-9-10-14-18-22(24)26-20-16-12-8-6-4-2/h3-20H2,1-2H3. The number of hydrogen-bond acceptors (Lipinski definition) is 4. The van der Waals surface area contributed by atoms with Crippen LogP contribution < -0.4 is 0 Å². The van der Waals surface area contributed by atoms with E-state index in [9.17, 15) is 9.59 Å². The Morgan fingerprint density at radius 2 is 0.846 bits per heavy atom. The lowest BCUT2D eigenvalue weighted by molar-refractivity contribution is -0.145. The van der Waals surface area contributed by atoms with Gasteiger partial charge < -0.3 is 9.47 Å². The summed E-state index contributed by atoms with van der Waals surface area (Å²) >= 11 is 0. The molecule has 0 spiro atoms. The van der Waals surface area contributed by atoms with Gasteiger partial charge in [0, 0.05) is 12.8 Å². The first-order chi connectivity index (χ1) is 12.7. The average Bonchev–Trinajstić information content (AvgIpc) is 2.63. The molecule has 0 saturated heterocycles. The Balaban J connectivity index is 3.28. The van der Waals surface area contributed by atoms with Crippen molar-refractivity contribution in [1.82, 2.24) is 0 Å². The van der Waals surface area contributed by atoms with Gasteiger partial charge in [-0.2, -0.15) is 0 Å². The quantitative estimate of drug-likeness (QED) is 0.196. The Morgan fingerprint density at radius 1 is 0.500 bits per heavy atom. The Morgan fingerprint density at radius 3 is 1.23 bits per heavy atom. The number of rotatable bonds is 19. The Labute approximate surface area is 161 Å². The van der Waals surface area contributed by atoms with Gasteiger partial charge >= 0.3 is 11.9 Å². The maximum Gasteiger partial charge on any atom is 0.305 e. The van der Waals surface area contributed by atoms with Gasteiger partial charge in [-0.05, 0) is 25.7 Å². The zero-order valence-corrected chi connectivity index (χ0v) is 17.4. The zero-order chi connectivity index (χ0) is 19.3. The second-order valence-electron chi connectivity index (χ2n) is 7.18. The molecule has 0 aromatic rings. The van der Waals surface area contributed by atoms with Crippen molar-refractivity contribution in [2.45, 2.75) is 117 Å². The average molecular weight is 371 g/mol. The summed E-state index contributed by atoms with van der Waals surface area (Å²) in [7, 11) is 0. The summed E-state index contributed by atoms with van der Waals surface area (Å²) in [5, 5.41) is 0. The summed E-state index contributed by atoms with van der Waals surface area (Å²) < 4.78 is 10.5. The van der Waals surface area contributed by atoms with Crippen LogP contribution in [0.5, 0.6) is 0 Å². The van der Waals surface area contributed by atoms with E-state index in [1.165, 1.54) is 38.5 Å². The molecule has 0 rings (SSSR count). The van der Waals surface area contributed by atoms with E-state index in [1.54, 1.807) is 0 Å². The monoisotopic (exact) mass is 370 g/mol. The molecule has 26 heavy (non-hydrogen) atoms. The molecule has 0 aliphatic carbocycles. The van der Waals surface area contributed by atoms with E-state index in [-0.39, 0.29) is 11.9 Å². The SMILES string of the molecule is CCCCCCCOC(=O)CCCCCCC(=O)OCCCCCCC. The van der Waals surface area contributed by atoms with E-state index in [0.717, 1.165) is 51.4 Å². The Hall–Kier alpha value is -1.06. The Kier molecular flexibility index (Phi) is 19.4. The molecule has 0 N–H and O–H groups in total. The van der Waals surface area contributed by atoms with E-state index in [1.807, 2.05) is 0 Å². The van der Waals surface area contributed by atoms with Gasteiger partial charge in [-0.25, -0.2) is 0 Å². The van der Waals surface area contributed by atoms with Gasteiger partial charge in [0.15, 0.2) is 0 Å².